The largest absolute Gasteiger partial charge is 0.462 e. The molecule has 6 nitrogen and oxygen atoms in total. The molecule has 0 bridgehead atoms. The highest BCUT2D eigenvalue weighted by Crippen LogP contribution is 2.15. The average molecular weight is 1010 g/mol. The Balaban J connectivity index is 4.42. The molecule has 0 saturated carbocycles. The van der Waals surface area contributed by atoms with Crippen LogP contribution in [0.25, 0.3) is 0 Å². The highest BCUT2D eigenvalue weighted by atomic mass is 16.6. The minimum atomic E-state index is -0.788. The van der Waals surface area contributed by atoms with Gasteiger partial charge in [-0.25, -0.2) is 0 Å². The molecule has 0 aliphatic rings. The van der Waals surface area contributed by atoms with E-state index in [1.165, 1.54) is 173 Å². The Hall–Kier alpha value is -3.15. The van der Waals surface area contributed by atoms with Gasteiger partial charge in [0.1, 0.15) is 13.2 Å². The number of rotatable bonds is 56. The summed E-state index contributed by atoms with van der Waals surface area (Å²) in [5.74, 6) is -0.895. The quantitative estimate of drug-likeness (QED) is 0.0261. The molecular formula is C66H116O6. The van der Waals surface area contributed by atoms with Crippen molar-refractivity contribution in [2.24, 2.45) is 0 Å². The van der Waals surface area contributed by atoms with Crippen molar-refractivity contribution in [3.63, 3.8) is 0 Å². The molecule has 0 unspecified atom stereocenters. The van der Waals surface area contributed by atoms with Crippen LogP contribution in [0.2, 0.25) is 0 Å². The van der Waals surface area contributed by atoms with E-state index in [4.69, 9.17) is 14.2 Å². The standard InChI is InChI=1S/C66H116O6/c1-4-7-10-13-16-19-22-25-28-31-34-37-40-43-46-49-52-55-58-64(67)70-61-63(72-66(69)60-57-54-51-48-45-42-39-36-33-30-27-24-21-18-15-12-9-6-3)62-71-65(68)59-56-53-50-47-44-41-38-35-32-29-26-23-20-17-14-11-8-5-2/h19-24,28-33,63H,4-18,25-27,34-62H2,1-3H3/b22-19-,23-20-,24-21-,31-28-,32-29-,33-30-. The van der Waals surface area contributed by atoms with Crippen LogP contribution in [0.3, 0.4) is 0 Å². The summed E-state index contributed by atoms with van der Waals surface area (Å²) >= 11 is 0. The van der Waals surface area contributed by atoms with Crippen LogP contribution in [0.5, 0.6) is 0 Å². The lowest BCUT2D eigenvalue weighted by Gasteiger charge is -2.18. The molecule has 0 saturated heterocycles. The van der Waals surface area contributed by atoms with E-state index in [0.29, 0.717) is 19.3 Å². The number of hydrogen-bond donors (Lipinski definition) is 0. The zero-order valence-corrected chi connectivity index (χ0v) is 47.7. The maximum Gasteiger partial charge on any atom is 0.306 e. The molecule has 72 heavy (non-hydrogen) atoms. The predicted molar refractivity (Wildman–Crippen MR) is 311 cm³/mol. The lowest BCUT2D eigenvalue weighted by atomic mass is 10.1. The molecule has 0 aromatic heterocycles. The number of ether oxygens (including phenoxy) is 3. The fourth-order valence-electron chi connectivity index (χ4n) is 8.71. The number of allylic oxidation sites excluding steroid dienone is 12. The second kappa shape index (κ2) is 60.4. The van der Waals surface area contributed by atoms with Crippen LogP contribution in [0.15, 0.2) is 72.9 Å². The SMILES string of the molecule is CCCCCC/C=C\C/C=C\CCCCCCCCCC(=O)OCC(COC(=O)CCCCCCCCC/C=C\C/C=C\CCCCCC)OC(=O)CCCCCCCCC/C=C\C/C=C\CCCCCC. The van der Waals surface area contributed by atoms with Gasteiger partial charge in [0.25, 0.3) is 0 Å². The molecule has 0 aliphatic carbocycles. The second-order valence-electron chi connectivity index (χ2n) is 20.6. The summed E-state index contributed by atoms with van der Waals surface area (Å²) in [7, 11) is 0. The number of hydrogen-bond acceptors (Lipinski definition) is 6. The third-order valence-electron chi connectivity index (χ3n) is 13.4. The highest BCUT2D eigenvalue weighted by Gasteiger charge is 2.19. The van der Waals surface area contributed by atoms with Crippen LogP contribution in [-0.4, -0.2) is 37.2 Å². The van der Waals surface area contributed by atoms with Crippen LogP contribution in [-0.2, 0) is 28.6 Å². The van der Waals surface area contributed by atoms with Crippen molar-refractivity contribution >= 4 is 17.9 Å². The Morgan fingerprint density at radius 3 is 0.764 bits per heavy atom. The molecule has 0 rings (SSSR count). The zero-order chi connectivity index (χ0) is 52.2. The molecule has 0 aliphatic heterocycles. The van der Waals surface area contributed by atoms with Crippen LogP contribution >= 0.6 is 0 Å². The molecule has 0 aromatic rings. The minimum absolute atomic E-state index is 0.0846. The maximum absolute atomic E-state index is 12.9. The fraction of sp³-hybridized carbons (Fsp3) is 0.773. The third-order valence-corrected chi connectivity index (χ3v) is 13.4. The van der Waals surface area contributed by atoms with E-state index in [1.807, 2.05) is 0 Å². The third kappa shape index (κ3) is 57.7. The van der Waals surface area contributed by atoms with Crippen molar-refractivity contribution in [1.82, 2.24) is 0 Å². The van der Waals surface area contributed by atoms with Crippen LogP contribution < -0.4 is 0 Å². The molecule has 0 N–H and O–H groups in total. The predicted octanol–water partition coefficient (Wildman–Crippen LogP) is 20.9. The summed E-state index contributed by atoms with van der Waals surface area (Å²) in [6.45, 7) is 6.60. The molecule has 416 valence electrons. The van der Waals surface area contributed by atoms with Crippen LogP contribution in [0, 0.1) is 0 Å². The van der Waals surface area contributed by atoms with E-state index >= 15 is 0 Å². The molecule has 0 amide bonds. The summed E-state index contributed by atoms with van der Waals surface area (Å²) in [4.78, 5) is 38.3. The highest BCUT2D eigenvalue weighted by molar-refractivity contribution is 5.71. The Morgan fingerprint density at radius 2 is 0.500 bits per heavy atom. The number of carbonyl (C=O) groups is 3. The van der Waals surface area contributed by atoms with Gasteiger partial charge >= 0.3 is 17.9 Å². The summed E-state index contributed by atoms with van der Waals surface area (Å²) in [6, 6.07) is 0. The zero-order valence-electron chi connectivity index (χ0n) is 47.7. The van der Waals surface area contributed by atoms with Gasteiger partial charge in [-0.2, -0.15) is 0 Å². The number of esters is 3. The van der Waals surface area contributed by atoms with Crippen LogP contribution in [0.1, 0.15) is 310 Å². The van der Waals surface area contributed by atoms with E-state index in [0.717, 1.165) is 96.3 Å². The number of unbranched alkanes of at least 4 members (excludes halogenated alkanes) is 33. The van der Waals surface area contributed by atoms with Crippen molar-refractivity contribution < 1.29 is 28.6 Å². The molecule has 0 spiro atoms. The van der Waals surface area contributed by atoms with E-state index in [-0.39, 0.29) is 31.1 Å². The molecule has 0 radical (unpaired) electrons. The fourth-order valence-corrected chi connectivity index (χ4v) is 8.71. The molecule has 0 fully saturated rings. The van der Waals surface area contributed by atoms with Gasteiger partial charge < -0.3 is 14.2 Å². The van der Waals surface area contributed by atoms with Crippen molar-refractivity contribution in [1.29, 1.82) is 0 Å². The van der Waals surface area contributed by atoms with Gasteiger partial charge in [-0.1, -0.05) is 248 Å². The van der Waals surface area contributed by atoms with E-state index in [2.05, 4.69) is 93.7 Å². The topological polar surface area (TPSA) is 78.9 Å². The second-order valence-corrected chi connectivity index (χ2v) is 20.6. The average Bonchev–Trinajstić information content (AvgIpc) is 3.38. The van der Waals surface area contributed by atoms with E-state index in [9.17, 15) is 14.4 Å². The van der Waals surface area contributed by atoms with E-state index < -0.39 is 6.10 Å². The first-order valence-corrected chi connectivity index (χ1v) is 30.9. The molecule has 0 aromatic carbocycles. The van der Waals surface area contributed by atoms with Crippen molar-refractivity contribution in [2.45, 2.75) is 316 Å². The van der Waals surface area contributed by atoms with Crippen molar-refractivity contribution in [3.05, 3.63) is 72.9 Å². The van der Waals surface area contributed by atoms with E-state index in [1.54, 1.807) is 0 Å². The Labute approximate surface area is 446 Å². The van der Waals surface area contributed by atoms with Gasteiger partial charge in [0.05, 0.1) is 0 Å². The van der Waals surface area contributed by atoms with Gasteiger partial charge in [-0.05, 0) is 116 Å². The smallest absolute Gasteiger partial charge is 0.306 e. The first-order chi connectivity index (χ1) is 35.5. The summed E-state index contributed by atoms with van der Waals surface area (Å²) in [6.07, 6.45) is 77.4. The Bertz CT molecular complexity index is 1270. The van der Waals surface area contributed by atoms with Gasteiger partial charge in [-0.3, -0.25) is 14.4 Å². The molecular weight excluding hydrogens is 889 g/mol. The van der Waals surface area contributed by atoms with Crippen LogP contribution in [0.4, 0.5) is 0 Å². The van der Waals surface area contributed by atoms with Gasteiger partial charge in [0, 0.05) is 19.3 Å². The van der Waals surface area contributed by atoms with Gasteiger partial charge in [-0.15, -0.1) is 0 Å². The van der Waals surface area contributed by atoms with Crippen molar-refractivity contribution in [2.75, 3.05) is 13.2 Å². The monoisotopic (exact) mass is 1000 g/mol. The maximum atomic E-state index is 12.9. The Kier molecular flexibility index (Phi) is 57.8. The molecule has 0 heterocycles. The summed E-state index contributed by atoms with van der Waals surface area (Å²) < 4.78 is 16.9. The first kappa shape index (κ1) is 68.8. The van der Waals surface area contributed by atoms with Gasteiger partial charge in [0.2, 0.25) is 0 Å². The summed E-state index contributed by atoms with van der Waals surface area (Å²) in [5, 5.41) is 0. The lowest BCUT2D eigenvalue weighted by molar-refractivity contribution is -0.167. The van der Waals surface area contributed by atoms with Gasteiger partial charge in [0.15, 0.2) is 6.10 Å². The number of carbonyl (C=O) groups excluding carboxylic acids is 3. The molecule has 0 atom stereocenters. The molecule has 6 heteroatoms. The summed E-state index contributed by atoms with van der Waals surface area (Å²) in [5.41, 5.74) is 0. The minimum Gasteiger partial charge on any atom is -0.462 e. The normalized spacial score (nSPS) is 12.2. The van der Waals surface area contributed by atoms with Crippen molar-refractivity contribution in [3.8, 4) is 0 Å². The Morgan fingerprint density at radius 1 is 0.278 bits per heavy atom. The first-order valence-electron chi connectivity index (χ1n) is 30.9. The lowest BCUT2D eigenvalue weighted by Crippen LogP contribution is -2.30.